The quantitative estimate of drug-likeness (QED) is 0.865. The molecule has 0 aliphatic carbocycles. The molecule has 5 nitrogen and oxygen atoms in total. The first-order valence-corrected chi connectivity index (χ1v) is 7.06. The second-order valence-corrected chi connectivity index (χ2v) is 5.47. The van der Waals surface area contributed by atoms with Crippen LogP contribution in [0.4, 0.5) is 0 Å². The second kappa shape index (κ2) is 6.05. The lowest BCUT2D eigenvalue weighted by Crippen LogP contribution is -2.44. The molecule has 2 fully saturated rings. The average molecular weight is 266 g/mol. The van der Waals surface area contributed by atoms with Gasteiger partial charge in [0.05, 0.1) is 37.9 Å². The summed E-state index contributed by atoms with van der Waals surface area (Å²) in [5.74, 6) is 0. The summed E-state index contributed by atoms with van der Waals surface area (Å²) >= 11 is 0. The van der Waals surface area contributed by atoms with Crippen molar-refractivity contribution in [2.75, 3.05) is 39.4 Å². The standard InChI is InChI=1S/C14H22N2O3/c17-14-11-19-10-13(14)16-4-1-3-15(5-6-16)8-12-2-7-18-9-12/h2,7,9,13-14,17H,1,3-6,8,10-11H2/t13-,14-/m1/s1. The molecular weight excluding hydrogens is 244 g/mol. The molecular formula is C14H22N2O3. The molecule has 2 saturated heterocycles. The monoisotopic (exact) mass is 266 g/mol. The van der Waals surface area contributed by atoms with Crippen LogP contribution in [0, 0.1) is 0 Å². The third-order valence-corrected chi connectivity index (χ3v) is 4.10. The van der Waals surface area contributed by atoms with Crippen molar-refractivity contribution < 1.29 is 14.3 Å². The van der Waals surface area contributed by atoms with E-state index in [0.717, 1.165) is 39.1 Å². The summed E-state index contributed by atoms with van der Waals surface area (Å²) in [6, 6.07) is 2.21. The van der Waals surface area contributed by atoms with Crippen LogP contribution in [0.15, 0.2) is 23.0 Å². The molecule has 5 heteroatoms. The number of hydrogen-bond donors (Lipinski definition) is 1. The van der Waals surface area contributed by atoms with Crippen LogP contribution in [0.1, 0.15) is 12.0 Å². The highest BCUT2D eigenvalue weighted by atomic mass is 16.5. The van der Waals surface area contributed by atoms with Crippen molar-refractivity contribution in [2.24, 2.45) is 0 Å². The molecule has 19 heavy (non-hydrogen) atoms. The van der Waals surface area contributed by atoms with E-state index in [-0.39, 0.29) is 12.1 Å². The Morgan fingerprint density at radius 3 is 2.89 bits per heavy atom. The molecule has 3 heterocycles. The maximum Gasteiger partial charge on any atom is 0.0950 e. The van der Waals surface area contributed by atoms with E-state index in [0.29, 0.717) is 13.2 Å². The van der Waals surface area contributed by atoms with Gasteiger partial charge in [0.1, 0.15) is 0 Å². The number of rotatable bonds is 3. The molecule has 106 valence electrons. The third kappa shape index (κ3) is 3.17. The first-order valence-electron chi connectivity index (χ1n) is 7.06. The first-order chi connectivity index (χ1) is 9.33. The maximum absolute atomic E-state index is 9.91. The van der Waals surface area contributed by atoms with E-state index in [2.05, 4.69) is 9.80 Å². The SMILES string of the molecule is O[C@@H]1COC[C@H]1N1CCCN(Cc2ccoc2)CC1. The molecule has 0 saturated carbocycles. The van der Waals surface area contributed by atoms with Gasteiger partial charge in [-0.15, -0.1) is 0 Å². The summed E-state index contributed by atoms with van der Waals surface area (Å²) in [6.07, 6.45) is 4.37. The van der Waals surface area contributed by atoms with Gasteiger partial charge in [-0.05, 0) is 25.6 Å². The first kappa shape index (κ1) is 13.1. The highest BCUT2D eigenvalue weighted by Crippen LogP contribution is 2.16. The average Bonchev–Trinajstić information content (AvgIpc) is 2.99. The van der Waals surface area contributed by atoms with Crippen LogP contribution in [0.2, 0.25) is 0 Å². The van der Waals surface area contributed by atoms with Crippen molar-refractivity contribution in [3.05, 3.63) is 24.2 Å². The zero-order valence-corrected chi connectivity index (χ0v) is 11.2. The summed E-state index contributed by atoms with van der Waals surface area (Å²) in [4.78, 5) is 4.83. The van der Waals surface area contributed by atoms with Crippen LogP contribution in [0.25, 0.3) is 0 Å². The van der Waals surface area contributed by atoms with Crippen molar-refractivity contribution in [3.63, 3.8) is 0 Å². The zero-order valence-electron chi connectivity index (χ0n) is 11.2. The van der Waals surface area contributed by atoms with Crippen LogP contribution < -0.4 is 0 Å². The Morgan fingerprint density at radius 2 is 2.16 bits per heavy atom. The van der Waals surface area contributed by atoms with E-state index in [1.54, 1.807) is 6.26 Å². The minimum Gasteiger partial charge on any atom is -0.472 e. The summed E-state index contributed by atoms with van der Waals surface area (Å²) in [5, 5.41) is 9.91. The number of aliphatic hydroxyl groups excluding tert-OH is 1. The minimum absolute atomic E-state index is 0.189. The zero-order chi connectivity index (χ0) is 13.1. The molecule has 0 amide bonds. The molecule has 0 bridgehead atoms. The fourth-order valence-corrected chi connectivity index (χ4v) is 3.00. The van der Waals surface area contributed by atoms with Gasteiger partial charge in [-0.1, -0.05) is 0 Å². The van der Waals surface area contributed by atoms with Crippen molar-refractivity contribution >= 4 is 0 Å². The van der Waals surface area contributed by atoms with Gasteiger partial charge in [-0.2, -0.15) is 0 Å². The fourth-order valence-electron chi connectivity index (χ4n) is 3.00. The maximum atomic E-state index is 9.91. The van der Waals surface area contributed by atoms with Gasteiger partial charge in [0.15, 0.2) is 0 Å². The Morgan fingerprint density at radius 1 is 1.21 bits per heavy atom. The third-order valence-electron chi connectivity index (χ3n) is 4.10. The highest BCUT2D eigenvalue weighted by molar-refractivity contribution is 5.05. The summed E-state index contributed by atoms with van der Waals surface area (Å²) in [5.41, 5.74) is 1.23. The largest absolute Gasteiger partial charge is 0.472 e. The lowest BCUT2D eigenvalue weighted by Gasteiger charge is -2.28. The van der Waals surface area contributed by atoms with Gasteiger partial charge in [-0.25, -0.2) is 0 Å². The number of nitrogens with zero attached hydrogens (tertiary/aromatic N) is 2. The van der Waals surface area contributed by atoms with Gasteiger partial charge in [0.2, 0.25) is 0 Å². The number of ether oxygens (including phenoxy) is 1. The molecule has 0 unspecified atom stereocenters. The van der Waals surface area contributed by atoms with E-state index >= 15 is 0 Å². The van der Waals surface area contributed by atoms with Crippen LogP contribution >= 0.6 is 0 Å². The van der Waals surface area contributed by atoms with Crippen LogP contribution in [0.5, 0.6) is 0 Å². The van der Waals surface area contributed by atoms with Crippen LogP contribution in [0.3, 0.4) is 0 Å². The number of aliphatic hydroxyl groups is 1. The molecule has 3 rings (SSSR count). The van der Waals surface area contributed by atoms with Gasteiger partial charge < -0.3 is 14.3 Å². The van der Waals surface area contributed by atoms with E-state index < -0.39 is 0 Å². The molecule has 1 aromatic heterocycles. The fraction of sp³-hybridized carbons (Fsp3) is 0.714. The van der Waals surface area contributed by atoms with E-state index in [9.17, 15) is 5.11 Å². The normalized spacial score (nSPS) is 30.6. The Bertz CT molecular complexity index is 382. The predicted molar refractivity (Wildman–Crippen MR) is 70.8 cm³/mol. The Hall–Kier alpha value is -0.880. The van der Waals surface area contributed by atoms with Gasteiger partial charge in [-0.3, -0.25) is 9.80 Å². The van der Waals surface area contributed by atoms with Gasteiger partial charge >= 0.3 is 0 Å². The topological polar surface area (TPSA) is 49.1 Å². The van der Waals surface area contributed by atoms with Crippen LogP contribution in [-0.4, -0.2) is 66.4 Å². The van der Waals surface area contributed by atoms with Gasteiger partial charge in [0.25, 0.3) is 0 Å². The molecule has 0 spiro atoms. The molecule has 0 aromatic carbocycles. The van der Waals surface area contributed by atoms with Crippen molar-refractivity contribution in [3.8, 4) is 0 Å². The Labute approximate surface area is 113 Å². The molecule has 2 aliphatic heterocycles. The lowest BCUT2D eigenvalue weighted by atomic mass is 10.2. The highest BCUT2D eigenvalue weighted by Gasteiger charge is 2.32. The molecule has 1 N–H and O–H groups in total. The smallest absolute Gasteiger partial charge is 0.0950 e. The lowest BCUT2D eigenvalue weighted by molar-refractivity contribution is 0.0837. The summed E-state index contributed by atoms with van der Waals surface area (Å²) < 4.78 is 10.5. The summed E-state index contributed by atoms with van der Waals surface area (Å²) in [6.45, 7) is 6.30. The summed E-state index contributed by atoms with van der Waals surface area (Å²) in [7, 11) is 0. The Balaban J connectivity index is 1.53. The van der Waals surface area contributed by atoms with Crippen LogP contribution in [-0.2, 0) is 11.3 Å². The second-order valence-electron chi connectivity index (χ2n) is 5.47. The van der Waals surface area contributed by atoms with Crippen molar-refractivity contribution in [1.82, 2.24) is 9.80 Å². The number of hydrogen-bond acceptors (Lipinski definition) is 5. The van der Waals surface area contributed by atoms with Crippen molar-refractivity contribution in [1.29, 1.82) is 0 Å². The van der Waals surface area contributed by atoms with E-state index in [1.807, 2.05) is 12.3 Å². The Kier molecular flexibility index (Phi) is 4.18. The van der Waals surface area contributed by atoms with Crippen molar-refractivity contribution in [2.45, 2.75) is 25.1 Å². The molecule has 2 atom stereocenters. The van der Waals surface area contributed by atoms with E-state index in [1.165, 1.54) is 5.56 Å². The molecule has 0 radical (unpaired) electrons. The number of furan rings is 1. The van der Waals surface area contributed by atoms with Gasteiger partial charge in [0, 0.05) is 25.2 Å². The predicted octanol–water partition coefficient (Wildman–Crippen LogP) is 0.547. The molecule has 1 aromatic rings. The van der Waals surface area contributed by atoms with E-state index in [4.69, 9.17) is 9.15 Å². The minimum atomic E-state index is -0.319. The molecule has 2 aliphatic rings.